The fraction of sp³-hybridized carbons (Fsp3) is 0.190. The van der Waals surface area contributed by atoms with E-state index in [9.17, 15) is 9.59 Å². The molecular weight excluding hydrogens is 376 g/mol. The third-order valence-corrected chi connectivity index (χ3v) is 4.95. The molecule has 0 saturated heterocycles. The van der Waals surface area contributed by atoms with E-state index in [2.05, 4.69) is 10.3 Å². The number of nitrogens with zero attached hydrogens (tertiary/aromatic N) is 1. The standard InChI is InChI=1S/C21H20N2O4S/c1-14-4-2-3-5-18(14)23-19(25)10-20-22-17(13-28-20)12-27-21(26)16-8-6-15(11-24)7-9-16/h2-9,13,24H,10-12H2,1H3,(H,23,25). The lowest BCUT2D eigenvalue weighted by Crippen LogP contribution is -2.15. The molecule has 28 heavy (non-hydrogen) atoms. The van der Waals surface area contributed by atoms with Crippen molar-refractivity contribution in [1.82, 2.24) is 4.98 Å². The van der Waals surface area contributed by atoms with Crippen molar-refractivity contribution in [2.24, 2.45) is 0 Å². The van der Waals surface area contributed by atoms with Crippen LogP contribution in [0.15, 0.2) is 53.9 Å². The predicted molar refractivity (Wildman–Crippen MR) is 107 cm³/mol. The average Bonchev–Trinajstić information content (AvgIpc) is 3.15. The van der Waals surface area contributed by atoms with E-state index in [0.29, 0.717) is 16.3 Å². The molecule has 6 nitrogen and oxygen atoms in total. The van der Waals surface area contributed by atoms with Gasteiger partial charge in [-0.1, -0.05) is 30.3 Å². The van der Waals surface area contributed by atoms with Crippen molar-refractivity contribution in [2.75, 3.05) is 5.32 Å². The van der Waals surface area contributed by atoms with Crippen molar-refractivity contribution >= 4 is 28.9 Å². The summed E-state index contributed by atoms with van der Waals surface area (Å²) in [5.74, 6) is -0.604. The van der Waals surface area contributed by atoms with Gasteiger partial charge in [-0.05, 0) is 36.2 Å². The van der Waals surface area contributed by atoms with Crippen LogP contribution in [0.1, 0.15) is 32.2 Å². The lowest BCUT2D eigenvalue weighted by Gasteiger charge is -2.06. The monoisotopic (exact) mass is 396 g/mol. The zero-order valence-electron chi connectivity index (χ0n) is 15.3. The lowest BCUT2D eigenvalue weighted by molar-refractivity contribution is -0.115. The number of thiazole rings is 1. The van der Waals surface area contributed by atoms with E-state index in [1.165, 1.54) is 11.3 Å². The molecule has 0 unspecified atom stereocenters. The van der Waals surface area contributed by atoms with Gasteiger partial charge < -0.3 is 15.2 Å². The maximum Gasteiger partial charge on any atom is 0.338 e. The summed E-state index contributed by atoms with van der Waals surface area (Å²) in [7, 11) is 0. The molecule has 0 atom stereocenters. The number of para-hydroxylation sites is 1. The molecule has 0 aliphatic rings. The highest BCUT2D eigenvalue weighted by Crippen LogP contribution is 2.16. The van der Waals surface area contributed by atoms with Crippen LogP contribution in [0.5, 0.6) is 0 Å². The predicted octanol–water partition coefficient (Wildman–Crippen LogP) is 3.48. The van der Waals surface area contributed by atoms with Crippen LogP contribution in [0.4, 0.5) is 5.69 Å². The summed E-state index contributed by atoms with van der Waals surface area (Å²) in [5, 5.41) is 14.3. The fourth-order valence-electron chi connectivity index (χ4n) is 2.51. The number of aliphatic hydroxyl groups is 1. The van der Waals surface area contributed by atoms with E-state index in [4.69, 9.17) is 9.84 Å². The number of rotatable bonds is 7. The second-order valence-corrected chi connectivity index (χ2v) is 7.15. The molecule has 1 aromatic heterocycles. The van der Waals surface area contributed by atoms with Crippen molar-refractivity contribution in [3.05, 3.63) is 81.3 Å². The molecule has 3 aromatic rings. The van der Waals surface area contributed by atoms with Gasteiger partial charge in [0.2, 0.25) is 5.91 Å². The molecule has 1 amide bonds. The van der Waals surface area contributed by atoms with Crippen molar-refractivity contribution in [3.8, 4) is 0 Å². The molecule has 0 saturated carbocycles. The summed E-state index contributed by atoms with van der Waals surface area (Å²) in [6, 6.07) is 14.1. The number of hydrogen-bond acceptors (Lipinski definition) is 6. The number of anilines is 1. The van der Waals surface area contributed by atoms with Crippen LogP contribution in [0.25, 0.3) is 0 Å². The van der Waals surface area contributed by atoms with Crippen LogP contribution in [0.2, 0.25) is 0 Å². The number of aliphatic hydroxyl groups excluding tert-OH is 1. The number of carbonyl (C=O) groups is 2. The van der Waals surface area contributed by atoms with Crippen molar-refractivity contribution < 1.29 is 19.4 Å². The number of aromatic nitrogens is 1. The normalized spacial score (nSPS) is 10.5. The number of nitrogens with one attached hydrogen (secondary N) is 1. The van der Waals surface area contributed by atoms with Crippen LogP contribution in [-0.2, 0) is 29.2 Å². The first kappa shape index (κ1) is 19.7. The van der Waals surface area contributed by atoms with Crippen LogP contribution in [0.3, 0.4) is 0 Å². The zero-order valence-corrected chi connectivity index (χ0v) is 16.2. The van der Waals surface area contributed by atoms with E-state index in [1.54, 1.807) is 29.6 Å². The van der Waals surface area contributed by atoms with Gasteiger partial charge in [-0.15, -0.1) is 11.3 Å². The molecule has 3 rings (SSSR count). The summed E-state index contributed by atoms with van der Waals surface area (Å²) in [4.78, 5) is 28.6. The molecule has 0 spiro atoms. The van der Waals surface area contributed by atoms with Gasteiger partial charge in [0.25, 0.3) is 0 Å². The van der Waals surface area contributed by atoms with E-state index in [0.717, 1.165) is 16.8 Å². The third kappa shape index (κ3) is 5.25. The van der Waals surface area contributed by atoms with Gasteiger partial charge in [-0.3, -0.25) is 4.79 Å². The van der Waals surface area contributed by atoms with E-state index < -0.39 is 5.97 Å². The molecule has 0 aliphatic heterocycles. The molecule has 0 bridgehead atoms. The Morgan fingerprint density at radius 3 is 2.61 bits per heavy atom. The highest BCUT2D eigenvalue weighted by atomic mass is 32.1. The number of benzene rings is 2. The number of ether oxygens (including phenoxy) is 1. The second-order valence-electron chi connectivity index (χ2n) is 6.20. The first-order valence-corrected chi connectivity index (χ1v) is 9.59. The molecule has 0 radical (unpaired) electrons. The van der Waals surface area contributed by atoms with Crippen molar-refractivity contribution in [2.45, 2.75) is 26.6 Å². The molecule has 1 heterocycles. The summed E-state index contributed by atoms with van der Waals surface area (Å²) >= 11 is 1.35. The first-order valence-electron chi connectivity index (χ1n) is 8.71. The zero-order chi connectivity index (χ0) is 19.9. The van der Waals surface area contributed by atoms with Crippen LogP contribution < -0.4 is 5.32 Å². The van der Waals surface area contributed by atoms with Crippen LogP contribution >= 0.6 is 11.3 Å². The van der Waals surface area contributed by atoms with E-state index in [1.807, 2.05) is 31.2 Å². The van der Waals surface area contributed by atoms with Gasteiger partial charge in [-0.2, -0.15) is 0 Å². The summed E-state index contributed by atoms with van der Waals surface area (Å²) in [6.45, 7) is 1.90. The van der Waals surface area contributed by atoms with E-state index in [-0.39, 0.29) is 25.5 Å². The Labute approximate surface area is 166 Å². The van der Waals surface area contributed by atoms with Crippen molar-refractivity contribution in [1.29, 1.82) is 0 Å². The van der Waals surface area contributed by atoms with Gasteiger partial charge in [-0.25, -0.2) is 9.78 Å². The SMILES string of the molecule is Cc1ccccc1NC(=O)Cc1nc(COC(=O)c2ccc(CO)cc2)cs1. The average molecular weight is 396 g/mol. The number of aryl methyl sites for hydroxylation is 1. The maximum atomic E-state index is 12.2. The van der Waals surface area contributed by atoms with Crippen molar-refractivity contribution in [3.63, 3.8) is 0 Å². The van der Waals surface area contributed by atoms with Gasteiger partial charge in [0.1, 0.15) is 11.6 Å². The van der Waals surface area contributed by atoms with Gasteiger partial charge >= 0.3 is 5.97 Å². The van der Waals surface area contributed by atoms with Crippen LogP contribution in [-0.4, -0.2) is 22.0 Å². The molecule has 7 heteroatoms. The fourth-order valence-corrected chi connectivity index (χ4v) is 3.29. The Hall–Kier alpha value is -3.03. The largest absolute Gasteiger partial charge is 0.456 e. The third-order valence-electron chi connectivity index (χ3n) is 4.05. The van der Waals surface area contributed by atoms with Gasteiger partial charge in [0, 0.05) is 11.1 Å². The molecule has 144 valence electrons. The Bertz CT molecular complexity index is 967. The molecule has 2 N–H and O–H groups in total. The smallest absolute Gasteiger partial charge is 0.338 e. The molecule has 0 aliphatic carbocycles. The summed E-state index contributed by atoms with van der Waals surface area (Å²) < 4.78 is 5.26. The Kier molecular flexibility index (Phi) is 6.52. The minimum atomic E-state index is -0.462. The highest BCUT2D eigenvalue weighted by Gasteiger charge is 2.12. The van der Waals surface area contributed by atoms with Gasteiger partial charge in [0.05, 0.1) is 24.3 Å². The number of hydrogen-bond donors (Lipinski definition) is 2. The quantitative estimate of drug-likeness (QED) is 0.597. The first-order chi connectivity index (χ1) is 13.5. The Balaban J connectivity index is 1.51. The molecule has 2 aromatic carbocycles. The minimum Gasteiger partial charge on any atom is -0.456 e. The lowest BCUT2D eigenvalue weighted by atomic mass is 10.1. The summed E-state index contributed by atoms with van der Waals surface area (Å²) in [6.07, 6.45) is 0.162. The number of amides is 1. The Morgan fingerprint density at radius 2 is 1.89 bits per heavy atom. The second kappa shape index (κ2) is 9.25. The Morgan fingerprint density at radius 1 is 1.14 bits per heavy atom. The minimum absolute atomic E-state index is 0.0382. The van der Waals surface area contributed by atoms with Crippen LogP contribution in [0, 0.1) is 6.92 Å². The summed E-state index contributed by atoms with van der Waals surface area (Å²) in [5.41, 5.74) is 3.51. The maximum absolute atomic E-state index is 12.2. The van der Waals surface area contributed by atoms with Gasteiger partial charge in [0.15, 0.2) is 0 Å². The highest BCUT2D eigenvalue weighted by molar-refractivity contribution is 7.09. The molecule has 0 fully saturated rings. The number of esters is 1. The number of carbonyl (C=O) groups excluding carboxylic acids is 2. The van der Waals surface area contributed by atoms with E-state index >= 15 is 0 Å². The topological polar surface area (TPSA) is 88.5 Å². The molecular formula is C21H20N2O4S.